The highest BCUT2D eigenvalue weighted by molar-refractivity contribution is 5.79. The number of carbonyl (C=O) groups excluding carboxylic acids is 1. The lowest BCUT2D eigenvalue weighted by Gasteiger charge is -2.25. The van der Waals surface area contributed by atoms with Crippen LogP contribution < -0.4 is 0 Å². The number of hydrogen-bond acceptors (Lipinski definition) is 3. The van der Waals surface area contributed by atoms with E-state index in [2.05, 4.69) is 0 Å². The summed E-state index contributed by atoms with van der Waals surface area (Å²) in [6.07, 6.45) is -4.74. The van der Waals surface area contributed by atoms with Crippen molar-refractivity contribution in [2.45, 2.75) is 52.3 Å². The Hall–Kier alpha value is -2.34. The number of benzene rings is 2. The van der Waals surface area contributed by atoms with E-state index in [0.29, 0.717) is 28.7 Å². The summed E-state index contributed by atoms with van der Waals surface area (Å²) in [6.45, 7) is 7.70. The zero-order valence-corrected chi connectivity index (χ0v) is 17.3. The van der Waals surface area contributed by atoms with Crippen LogP contribution in [0.15, 0.2) is 42.5 Å². The molecule has 0 radical (unpaired) electrons. The first-order valence-corrected chi connectivity index (χ1v) is 9.41. The molecule has 0 aliphatic heterocycles. The fourth-order valence-electron chi connectivity index (χ4n) is 3.23. The highest BCUT2D eigenvalue weighted by Gasteiger charge is 2.30. The van der Waals surface area contributed by atoms with E-state index >= 15 is 0 Å². The van der Waals surface area contributed by atoms with Gasteiger partial charge in [-0.2, -0.15) is 13.2 Å². The van der Waals surface area contributed by atoms with Crippen molar-refractivity contribution in [3.05, 3.63) is 59.2 Å². The number of hydrogen-bond donors (Lipinski definition) is 1. The Bertz CT molecular complexity index is 849. The summed E-state index contributed by atoms with van der Waals surface area (Å²) in [5.74, 6) is -0.951. The number of rotatable bonds is 5. The van der Waals surface area contributed by atoms with Crippen molar-refractivity contribution in [3.8, 4) is 11.1 Å². The van der Waals surface area contributed by atoms with E-state index in [4.69, 9.17) is 4.74 Å². The maximum atomic E-state index is 12.9. The molecule has 0 spiro atoms. The molecule has 0 amide bonds. The summed E-state index contributed by atoms with van der Waals surface area (Å²) in [4.78, 5) is 11.9. The Morgan fingerprint density at radius 3 is 2.14 bits per heavy atom. The van der Waals surface area contributed by atoms with Gasteiger partial charge in [-0.25, -0.2) is 0 Å². The van der Waals surface area contributed by atoms with Crippen molar-refractivity contribution >= 4 is 5.97 Å². The largest absolute Gasteiger partial charge is 0.469 e. The number of halogens is 3. The second-order valence-corrected chi connectivity index (χ2v) is 8.45. The molecule has 0 unspecified atom stereocenters. The monoisotopic (exact) mass is 408 g/mol. The van der Waals surface area contributed by atoms with E-state index in [9.17, 15) is 23.1 Å². The Kier molecular flexibility index (Phi) is 6.78. The Labute approximate surface area is 169 Å². The molecule has 6 heteroatoms. The zero-order chi connectivity index (χ0) is 22.0. The molecule has 2 rings (SSSR count). The van der Waals surface area contributed by atoms with Gasteiger partial charge in [0.15, 0.2) is 0 Å². The molecule has 2 aromatic carbocycles. The minimum absolute atomic E-state index is 0.144. The Morgan fingerprint density at radius 2 is 1.66 bits per heavy atom. The fourth-order valence-corrected chi connectivity index (χ4v) is 3.23. The highest BCUT2D eigenvalue weighted by Crippen LogP contribution is 2.38. The number of aliphatic hydroxyl groups excluding tert-OH is 1. The van der Waals surface area contributed by atoms with Crippen molar-refractivity contribution in [1.82, 2.24) is 0 Å². The van der Waals surface area contributed by atoms with Gasteiger partial charge < -0.3 is 9.84 Å². The number of ether oxygens (including phenoxy) is 1. The van der Waals surface area contributed by atoms with Crippen LogP contribution in [0.1, 0.15) is 62.8 Å². The molecule has 3 nitrogen and oxygen atoms in total. The van der Waals surface area contributed by atoms with Gasteiger partial charge in [-0.3, -0.25) is 4.79 Å². The number of esters is 1. The third kappa shape index (κ3) is 5.82. The van der Waals surface area contributed by atoms with Crippen molar-refractivity contribution in [3.63, 3.8) is 0 Å². The molecule has 0 saturated carbocycles. The first kappa shape index (κ1) is 22.9. The topological polar surface area (TPSA) is 46.5 Å². The third-order valence-electron chi connectivity index (χ3n) is 4.82. The van der Waals surface area contributed by atoms with Crippen molar-refractivity contribution in [1.29, 1.82) is 0 Å². The lowest BCUT2D eigenvalue weighted by atomic mass is 9.83. The summed E-state index contributed by atoms with van der Waals surface area (Å²) in [7, 11) is 1.30. The summed E-state index contributed by atoms with van der Waals surface area (Å²) >= 11 is 0. The van der Waals surface area contributed by atoms with Crippen molar-refractivity contribution in [2.24, 2.45) is 5.41 Å². The van der Waals surface area contributed by atoms with E-state index in [0.717, 1.165) is 12.1 Å². The standard InChI is InChI=1S/C23H27F3O3/c1-14(21(28)29-5)16-8-11-18(20(27)13-22(2,3)4)19(12-16)15-6-9-17(10-7-15)23(24,25)26/h6-12,14,20,27H,13H2,1-5H3/t14-,20+/m1/s1. The molecule has 0 aromatic heterocycles. The van der Waals surface area contributed by atoms with Crippen LogP contribution in [0, 0.1) is 5.41 Å². The Morgan fingerprint density at radius 1 is 1.07 bits per heavy atom. The van der Waals surface area contributed by atoms with E-state index in [1.807, 2.05) is 20.8 Å². The fraction of sp³-hybridized carbons (Fsp3) is 0.435. The van der Waals surface area contributed by atoms with Crippen LogP contribution in [-0.4, -0.2) is 18.2 Å². The van der Waals surface area contributed by atoms with Crippen LogP contribution in [0.2, 0.25) is 0 Å². The van der Waals surface area contributed by atoms with Gasteiger partial charge in [0.25, 0.3) is 0 Å². The molecule has 2 atom stereocenters. The van der Waals surface area contributed by atoms with Crippen LogP contribution >= 0.6 is 0 Å². The number of alkyl halides is 3. The van der Waals surface area contributed by atoms with Gasteiger partial charge in [0.05, 0.1) is 24.7 Å². The number of aliphatic hydroxyl groups is 1. The quantitative estimate of drug-likeness (QED) is 0.607. The lowest BCUT2D eigenvalue weighted by Crippen LogP contribution is -2.14. The van der Waals surface area contributed by atoms with Gasteiger partial charge >= 0.3 is 12.1 Å². The first-order valence-electron chi connectivity index (χ1n) is 9.41. The second kappa shape index (κ2) is 8.57. The van der Waals surface area contributed by atoms with E-state index in [1.165, 1.54) is 19.2 Å². The van der Waals surface area contributed by atoms with E-state index in [-0.39, 0.29) is 5.41 Å². The minimum Gasteiger partial charge on any atom is -0.469 e. The summed E-state index contributed by atoms with van der Waals surface area (Å²) < 4.78 is 43.6. The number of carbonyl (C=O) groups is 1. The van der Waals surface area contributed by atoms with Gasteiger partial charge in [0.1, 0.15) is 0 Å². The average molecular weight is 408 g/mol. The molecule has 0 fully saturated rings. The molecule has 1 N–H and O–H groups in total. The Balaban J connectivity index is 2.56. The molecule has 2 aromatic rings. The van der Waals surface area contributed by atoms with E-state index in [1.54, 1.807) is 25.1 Å². The van der Waals surface area contributed by atoms with Gasteiger partial charge in [0, 0.05) is 0 Å². The molecule has 0 aliphatic rings. The molecule has 0 saturated heterocycles. The predicted molar refractivity (Wildman–Crippen MR) is 106 cm³/mol. The van der Waals surface area contributed by atoms with Crippen molar-refractivity contribution < 1.29 is 27.8 Å². The van der Waals surface area contributed by atoms with Crippen LogP contribution in [-0.2, 0) is 15.7 Å². The normalized spacial score (nSPS) is 14.4. The molecule has 0 heterocycles. The van der Waals surface area contributed by atoms with Gasteiger partial charge in [0.2, 0.25) is 0 Å². The van der Waals surface area contributed by atoms with Crippen LogP contribution in [0.25, 0.3) is 11.1 Å². The predicted octanol–water partition coefficient (Wildman–Crippen LogP) is 6.12. The smallest absolute Gasteiger partial charge is 0.416 e. The van der Waals surface area contributed by atoms with Crippen LogP contribution in [0.3, 0.4) is 0 Å². The van der Waals surface area contributed by atoms with Crippen molar-refractivity contribution in [2.75, 3.05) is 7.11 Å². The van der Waals surface area contributed by atoms with E-state index < -0.39 is 29.7 Å². The number of methoxy groups -OCH3 is 1. The summed E-state index contributed by atoms with van der Waals surface area (Å²) in [6, 6.07) is 10.0. The molecular weight excluding hydrogens is 381 g/mol. The molecule has 0 aliphatic carbocycles. The van der Waals surface area contributed by atoms with Crippen LogP contribution in [0.5, 0.6) is 0 Å². The SMILES string of the molecule is COC(=O)[C@H](C)c1ccc([C@@H](O)CC(C)(C)C)c(-c2ccc(C(F)(F)F)cc2)c1. The summed E-state index contributed by atoms with van der Waals surface area (Å²) in [5.41, 5.74) is 1.54. The zero-order valence-electron chi connectivity index (χ0n) is 17.3. The molecular formula is C23H27F3O3. The highest BCUT2D eigenvalue weighted by atomic mass is 19.4. The van der Waals surface area contributed by atoms with Gasteiger partial charge in [-0.1, -0.05) is 45.0 Å². The molecule has 29 heavy (non-hydrogen) atoms. The summed E-state index contributed by atoms with van der Waals surface area (Å²) in [5, 5.41) is 10.8. The van der Waals surface area contributed by atoms with Crippen LogP contribution in [0.4, 0.5) is 13.2 Å². The lowest BCUT2D eigenvalue weighted by molar-refractivity contribution is -0.142. The van der Waals surface area contributed by atoms with Gasteiger partial charge in [-0.05, 0) is 59.2 Å². The van der Waals surface area contributed by atoms with Gasteiger partial charge in [-0.15, -0.1) is 0 Å². The average Bonchev–Trinajstić information content (AvgIpc) is 2.64. The minimum atomic E-state index is -4.42. The molecule has 158 valence electrons. The maximum Gasteiger partial charge on any atom is 0.416 e. The first-order chi connectivity index (χ1) is 13.3. The third-order valence-corrected chi connectivity index (χ3v) is 4.82. The molecule has 0 bridgehead atoms. The second-order valence-electron chi connectivity index (χ2n) is 8.45. The maximum absolute atomic E-state index is 12.9.